The van der Waals surface area contributed by atoms with E-state index >= 15 is 0 Å². The van der Waals surface area contributed by atoms with Crippen LogP contribution < -0.4 is 19.1 Å². The zero-order valence-electron chi connectivity index (χ0n) is 16.0. The summed E-state index contributed by atoms with van der Waals surface area (Å²) < 4.78 is 16.4. The van der Waals surface area contributed by atoms with Gasteiger partial charge in [-0.2, -0.15) is 4.98 Å². The molecule has 0 aliphatic carbocycles. The van der Waals surface area contributed by atoms with Crippen LogP contribution in [0, 0.1) is 0 Å². The maximum absolute atomic E-state index is 12.8. The topological polar surface area (TPSA) is 77.0 Å². The van der Waals surface area contributed by atoms with Crippen LogP contribution >= 0.6 is 0 Å². The Morgan fingerprint density at radius 1 is 1.19 bits per heavy atom. The van der Waals surface area contributed by atoms with Crippen molar-refractivity contribution in [3.8, 4) is 17.4 Å². The lowest BCUT2D eigenvalue weighted by Crippen LogP contribution is -2.31. The SMILES string of the molecule is COc1ccc(C(=O)N2CCC(Oc3cncc(N(C)C)n3)C2)cc1OC. The smallest absolute Gasteiger partial charge is 0.254 e. The number of benzene rings is 1. The second kappa shape index (κ2) is 8.11. The fraction of sp³-hybridized carbons (Fsp3) is 0.421. The van der Waals surface area contributed by atoms with Gasteiger partial charge >= 0.3 is 0 Å². The lowest BCUT2D eigenvalue weighted by molar-refractivity contribution is 0.0770. The Balaban J connectivity index is 1.65. The van der Waals surface area contributed by atoms with Gasteiger partial charge in [-0.3, -0.25) is 9.78 Å². The van der Waals surface area contributed by atoms with Crippen molar-refractivity contribution in [3.05, 3.63) is 36.2 Å². The summed E-state index contributed by atoms with van der Waals surface area (Å²) in [6, 6.07) is 5.17. The van der Waals surface area contributed by atoms with Crippen LogP contribution in [0.3, 0.4) is 0 Å². The third-order valence-electron chi connectivity index (χ3n) is 4.41. The summed E-state index contributed by atoms with van der Waals surface area (Å²) in [6.45, 7) is 1.12. The van der Waals surface area contributed by atoms with Gasteiger partial charge in [0, 0.05) is 32.6 Å². The minimum Gasteiger partial charge on any atom is -0.493 e. The van der Waals surface area contributed by atoms with Crippen LogP contribution in [-0.4, -0.2) is 68.3 Å². The maximum atomic E-state index is 12.8. The quantitative estimate of drug-likeness (QED) is 0.766. The standard InChI is InChI=1S/C19H24N4O4/c1-22(2)17-10-20-11-18(21-17)27-14-7-8-23(12-14)19(24)13-5-6-15(25-3)16(9-13)26-4/h5-6,9-11,14H,7-8,12H2,1-4H3. The van der Waals surface area contributed by atoms with Gasteiger partial charge < -0.3 is 24.0 Å². The third-order valence-corrected chi connectivity index (χ3v) is 4.41. The molecular formula is C19H24N4O4. The molecule has 1 aliphatic heterocycles. The van der Waals surface area contributed by atoms with Crippen LogP contribution in [0.1, 0.15) is 16.8 Å². The molecule has 0 radical (unpaired) electrons. The Bertz CT molecular complexity index is 812. The number of likely N-dealkylation sites (tertiary alicyclic amines) is 1. The lowest BCUT2D eigenvalue weighted by Gasteiger charge is -2.18. The highest BCUT2D eigenvalue weighted by Crippen LogP contribution is 2.29. The zero-order valence-corrected chi connectivity index (χ0v) is 16.0. The Morgan fingerprint density at radius 2 is 1.96 bits per heavy atom. The zero-order chi connectivity index (χ0) is 19.4. The number of amides is 1. The van der Waals surface area contributed by atoms with E-state index in [-0.39, 0.29) is 12.0 Å². The minimum absolute atomic E-state index is 0.0600. The predicted octanol–water partition coefficient (Wildman–Crippen LogP) is 1.85. The average molecular weight is 372 g/mol. The van der Waals surface area contributed by atoms with E-state index < -0.39 is 0 Å². The van der Waals surface area contributed by atoms with E-state index in [2.05, 4.69) is 9.97 Å². The van der Waals surface area contributed by atoms with Gasteiger partial charge in [0.05, 0.1) is 33.2 Å². The number of hydrogen-bond donors (Lipinski definition) is 0. The van der Waals surface area contributed by atoms with Crippen molar-refractivity contribution in [2.45, 2.75) is 12.5 Å². The van der Waals surface area contributed by atoms with E-state index in [1.165, 1.54) is 0 Å². The van der Waals surface area contributed by atoms with Gasteiger partial charge in [0.25, 0.3) is 5.91 Å². The molecule has 1 aliphatic rings. The third kappa shape index (κ3) is 4.21. The van der Waals surface area contributed by atoms with E-state index in [1.807, 2.05) is 19.0 Å². The van der Waals surface area contributed by atoms with E-state index in [0.29, 0.717) is 36.0 Å². The maximum Gasteiger partial charge on any atom is 0.254 e. The highest BCUT2D eigenvalue weighted by molar-refractivity contribution is 5.95. The number of ether oxygens (including phenoxy) is 3. The van der Waals surface area contributed by atoms with Crippen LogP contribution in [0.15, 0.2) is 30.6 Å². The molecule has 1 saturated heterocycles. The van der Waals surface area contributed by atoms with E-state index in [9.17, 15) is 4.79 Å². The van der Waals surface area contributed by atoms with Crippen molar-refractivity contribution in [3.63, 3.8) is 0 Å². The van der Waals surface area contributed by atoms with Gasteiger partial charge in [0.1, 0.15) is 6.10 Å². The van der Waals surface area contributed by atoms with Gasteiger partial charge in [-0.25, -0.2) is 0 Å². The fourth-order valence-corrected chi connectivity index (χ4v) is 2.94. The van der Waals surface area contributed by atoms with Crippen LogP contribution in [0.4, 0.5) is 5.82 Å². The number of nitrogens with zero attached hydrogens (tertiary/aromatic N) is 4. The molecule has 2 aromatic rings. The molecule has 8 nitrogen and oxygen atoms in total. The van der Waals surface area contributed by atoms with Crippen LogP contribution in [-0.2, 0) is 0 Å². The van der Waals surface area contributed by atoms with Crippen molar-refractivity contribution in [2.24, 2.45) is 0 Å². The van der Waals surface area contributed by atoms with Gasteiger partial charge in [0.2, 0.25) is 5.88 Å². The number of carbonyl (C=O) groups is 1. The largest absolute Gasteiger partial charge is 0.493 e. The molecule has 3 rings (SSSR count). The molecule has 8 heteroatoms. The molecule has 0 spiro atoms. The molecule has 1 aromatic heterocycles. The van der Waals surface area contributed by atoms with Crippen molar-refractivity contribution in [1.82, 2.24) is 14.9 Å². The number of methoxy groups -OCH3 is 2. The van der Waals surface area contributed by atoms with Crippen molar-refractivity contribution >= 4 is 11.7 Å². The molecule has 1 unspecified atom stereocenters. The van der Waals surface area contributed by atoms with Crippen LogP contribution in [0.2, 0.25) is 0 Å². The van der Waals surface area contributed by atoms with Gasteiger partial charge in [-0.05, 0) is 18.2 Å². The first-order valence-corrected chi connectivity index (χ1v) is 8.69. The molecule has 1 aromatic carbocycles. The van der Waals surface area contributed by atoms with Crippen molar-refractivity contribution in [2.75, 3.05) is 46.3 Å². The number of rotatable bonds is 6. The molecule has 0 N–H and O–H groups in total. The Kier molecular flexibility index (Phi) is 5.63. The summed E-state index contributed by atoms with van der Waals surface area (Å²) in [5.74, 6) is 2.26. The molecule has 0 saturated carbocycles. The van der Waals surface area contributed by atoms with Gasteiger partial charge in [-0.15, -0.1) is 0 Å². The molecule has 1 amide bonds. The monoisotopic (exact) mass is 372 g/mol. The number of carbonyl (C=O) groups excluding carboxylic acids is 1. The van der Waals surface area contributed by atoms with Crippen LogP contribution in [0.25, 0.3) is 0 Å². The second-order valence-electron chi connectivity index (χ2n) is 6.46. The Hall–Kier alpha value is -3.03. The van der Waals surface area contributed by atoms with Gasteiger partial charge in [-0.1, -0.05) is 0 Å². The summed E-state index contributed by atoms with van der Waals surface area (Å²) in [7, 11) is 6.91. The molecule has 2 heterocycles. The van der Waals surface area contributed by atoms with Gasteiger partial charge in [0.15, 0.2) is 17.3 Å². The van der Waals surface area contributed by atoms with Crippen molar-refractivity contribution in [1.29, 1.82) is 0 Å². The molecular weight excluding hydrogens is 348 g/mol. The highest BCUT2D eigenvalue weighted by Gasteiger charge is 2.29. The fourth-order valence-electron chi connectivity index (χ4n) is 2.94. The summed E-state index contributed by atoms with van der Waals surface area (Å²) in [5.41, 5.74) is 0.558. The first kappa shape index (κ1) is 18.8. The lowest BCUT2D eigenvalue weighted by atomic mass is 10.1. The number of hydrogen-bond acceptors (Lipinski definition) is 7. The summed E-state index contributed by atoms with van der Waals surface area (Å²) in [6.07, 6.45) is 3.90. The molecule has 144 valence electrons. The molecule has 1 fully saturated rings. The Labute approximate surface area is 158 Å². The van der Waals surface area contributed by atoms with E-state index in [0.717, 1.165) is 12.2 Å². The minimum atomic E-state index is -0.110. The first-order chi connectivity index (χ1) is 13.0. The molecule has 0 bridgehead atoms. The molecule has 1 atom stereocenters. The number of aromatic nitrogens is 2. The summed E-state index contributed by atoms with van der Waals surface area (Å²) >= 11 is 0. The predicted molar refractivity (Wildman–Crippen MR) is 101 cm³/mol. The first-order valence-electron chi connectivity index (χ1n) is 8.69. The second-order valence-corrected chi connectivity index (χ2v) is 6.46. The number of anilines is 1. The van der Waals surface area contributed by atoms with Crippen LogP contribution in [0.5, 0.6) is 17.4 Å². The molecule has 27 heavy (non-hydrogen) atoms. The summed E-state index contributed by atoms with van der Waals surface area (Å²) in [4.78, 5) is 25.0. The average Bonchev–Trinajstić information content (AvgIpc) is 3.15. The Morgan fingerprint density at radius 3 is 2.67 bits per heavy atom. The normalized spacial score (nSPS) is 16.1. The van der Waals surface area contributed by atoms with E-state index in [1.54, 1.807) is 49.7 Å². The van der Waals surface area contributed by atoms with E-state index in [4.69, 9.17) is 14.2 Å². The summed E-state index contributed by atoms with van der Waals surface area (Å²) in [5, 5.41) is 0. The van der Waals surface area contributed by atoms with Crippen molar-refractivity contribution < 1.29 is 19.0 Å². The highest BCUT2D eigenvalue weighted by atomic mass is 16.5.